The van der Waals surface area contributed by atoms with Gasteiger partial charge in [0.2, 0.25) is 0 Å². The highest BCUT2D eigenvalue weighted by molar-refractivity contribution is 5.85. The fourth-order valence-electron chi connectivity index (χ4n) is 1.15. The molecule has 0 amide bonds. The van der Waals surface area contributed by atoms with Crippen LogP contribution in [0.25, 0.3) is 0 Å². The molecule has 1 fully saturated rings. The van der Waals surface area contributed by atoms with Crippen molar-refractivity contribution in [1.29, 1.82) is 0 Å². The second-order valence-corrected chi connectivity index (χ2v) is 2.50. The maximum atomic E-state index is 9.07. The Morgan fingerprint density at radius 1 is 1.60 bits per heavy atom. The minimum atomic E-state index is -0.514. The number of rotatable bonds is 2. The van der Waals surface area contributed by atoms with E-state index in [4.69, 9.17) is 10.2 Å². The first-order chi connectivity index (χ1) is 4.34. The highest BCUT2D eigenvalue weighted by Crippen LogP contribution is 2.11. The number of hydrogen-bond donors (Lipinski definition) is 3. The molecule has 4 heteroatoms. The first-order valence-corrected chi connectivity index (χ1v) is 3.34. The smallest absolute Gasteiger partial charge is 0.0811 e. The predicted octanol–water partition coefficient (Wildman–Crippen LogP) is -0.629. The van der Waals surface area contributed by atoms with Crippen LogP contribution in [-0.4, -0.2) is 36.0 Å². The van der Waals surface area contributed by atoms with Crippen LogP contribution in [0.15, 0.2) is 0 Å². The second kappa shape index (κ2) is 4.91. The monoisotopic (exact) mass is 167 g/mol. The Hall–Kier alpha value is 0.170. The van der Waals surface area contributed by atoms with Crippen LogP contribution in [0.4, 0.5) is 0 Å². The maximum absolute atomic E-state index is 9.07. The summed E-state index contributed by atoms with van der Waals surface area (Å²) in [6, 6.07) is 0. The van der Waals surface area contributed by atoms with Gasteiger partial charge in [-0.15, -0.1) is 12.4 Å². The van der Waals surface area contributed by atoms with Crippen LogP contribution in [0.1, 0.15) is 6.42 Å². The summed E-state index contributed by atoms with van der Waals surface area (Å²) in [5.41, 5.74) is 0. The molecule has 0 aliphatic carbocycles. The Kier molecular flexibility index (Phi) is 4.99. The van der Waals surface area contributed by atoms with Crippen LogP contribution in [0.3, 0.4) is 0 Å². The number of hydrogen-bond acceptors (Lipinski definition) is 3. The molecule has 0 aromatic rings. The lowest BCUT2D eigenvalue weighted by Crippen LogP contribution is -2.25. The summed E-state index contributed by atoms with van der Waals surface area (Å²) in [4.78, 5) is 0. The molecule has 1 saturated heterocycles. The van der Waals surface area contributed by atoms with Gasteiger partial charge in [-0.25, -0.2) is 0 Å². The molecular formula is C6H14ClNO2. The van der Waals surface area contributed by atoms with Gasteiger partial charge in [0.05, 0.1) is 12.7 Å². The quantitative estimate of drug-likeness (QED) is 0.514. The second-order valence-electron chi connectivity index (χ2n) is 2.50. The summed E-state index contributed by atoms with van der Waals surface area (Å²) in [6.45, 7) is 1.72. The minimum absolute atomic E-state index is 0. The fraction of sp³-hybridized carbons (Fsp3) is 1.00. The molecule has 1 aliphatic rings. The summed E-state index contributed by atoms with van der Waals surface area (Å²) >= 11 is 0. The highest BCUT2D eigenvalue weighted by Gasteiger charge is 2.21. The largest absolute Gasteiger partial charge is 0.394 e. The molecule has 62 valence electrons. The van der Waals surface area contributed by atoms with Crippen molar-refractivity contribution in [2.75, 3.05) is 19.7 Å². The summed E-state index contributed by atoms with van der Waals surface area (Å²) < 4.78 is 0. The molecule has 0 spiro atoms. The van der Waals surface area contributed by atoms with Gasteiger partial charge in [-0.05, 0) is 13.0 Å². The van der Waals surface area contributed by atoms with Gasteiger partial charge in [-0.2, -0.15) is 0 Å². The molecule has 10 heavy (non-hydrogen) atoms. The van der Waals surface area contributed by atoms with Crippen LogP contribution in [-0.2, 0) is 0 Å². The molecule has 0 radical (unpaired) electrons. The van der Waals surface area contributed by atoms with E-state index in [0.717, 1.165) is 19.5 Å². The lowest BCUT2D eigenvalue weighted by molar-refractivity contribution is 0.0539. The van der Waals surface area contributed by atoms with Crippen molar-refractivity contribution in [2.45, 2.75) is 12.5 Å². The minimum Gasteiger partial charge on any atom is -0.394 e. The Morgan fingerprint density at radius 3 is 2.70 bits per heavy atom. The Morgan fingerprint density at radius 2 is 2.30 bits per heavy atom. The van der Waals surface area contributed by atoms with Gasteiger partial charge >= 0.3 is 0 Å². The normalized spacial score (nSPS) is 27.6. The van der Waals surface area contributed by atoms with Gasteiger partial charge in [0.1, 0.15) is 0 Å². The Balaban J connectivity index is 0.000000810. The van der Waals surface area contributed by atoms with E-state index in [0.29, 0.717) is 0 Å². The summed E-state index contributed by atoms with van der Waals surface area (Å²) in [6.07, 6.45) is 0.474. The molecule has 3 N–H and O–H groups in total. The van der Waals surface area contributed by atoms with Crippen molar-refractivity contribution in [1.82, 2.24) is 5.32 Å². The van der Waals surface area contributed by atoms with Gasteiger partial charge in [-0.3, -0.25) is 0 Å². The van der Waals surface area contributed by atoms with Crippen molar-refractivity contribution in [3.8, 4) is 0 Å². The molecule has 1 rings (SSSR count). The van der Waals surface area contributed by atoms with E-state index >= 15 is 0 Å². The molecule has 1 aliphatic heterocycles. The molecule has 2 atom stereocenters. The average molecular weight is 168 g/mol. The van der Waals surface area contributed by atoms with E-state index in [1.807, 2.05) is 0 Å². The fourth-order valence-corrected chi connectivity index (χ4v) is 1.15. The lowest BCUT2D eigenvalue weighted by Gasteiger charge is -2.12. The van der Waals surface area contributed by atoms with E-state index in [1.54, 1.807) is 0 Å². The molecule has 0 saturated carbocycles. The van der Waals surface area contributed by atoms with Crippen LogP contribution >= 0.6 is 12.4 Å². The van der Waals surface area contributed by atoms with Crippen LogP contribution in [0, 0.1) is 5.92 Å². The van der Waals surface area contributed by atoms with Crippen LogP contribution in [0.5, 0.6) is 0 Å². The molecule has 0 aromatic carbocycles. The third kappa shape index (κ3) is 2.42. The van der Waals surface area contributed by atoms with Crippen LogP contribution < -0.4 is 5.32 Å². The summed E-state index contributed by atoms with van der Waals surface area (Å²) in [5.74, 6) is 0.273. The number of aliphatic hydroxyl groups excluding tert-OH is 2. The SMILES string of the molecule is Cl.OCC(O)C1CCNC1. The van der Waals surface area contributed by atoms with E-state index in [9.17, 15) is 0 Å². The zero-order chi connectivity index (χ0) is 6.69. The lowest BCUT2D eigenvalue weighted by atomic mass is 10.0. The van der Waals surface area contributed by atoms with Crippen molar-refractivity contribution in [3.63, 3.8) is 0 Å². The molecule has 2 unspecified atom stereocenters. The summed E-state index contributed by atoms with van der Waals surface area (Å²) in [7, 11) is 0. The van der Waals surface area contributed by atoms with Gasteiger partial charge in [0, 0.05) is 12.5 Å². The third-order valence-electron chi connectivity index (χ3n) is 1.83. The average Bonchev–Trinajstić information content (AvgIpc) is 2.37. The maximum Gasteiger partial charge on any atom is 0.0811 e. The van der Waals surface area contributed by atoms with E-state index in [1.165, 1.54) is 0 Å². The molecule has 3 nitrogen and oxygen atoms in total. The first-order valence-electron chi connectivity index (χ1n) is 3.34. The Labute approximate surface area is 66.8 Å². The zero-order valence-corrected chi connectivity index (χ0v) is 6.60. The van der Waals surface area contributed by atoms with Gasteiger partial charge < -0.3 is 15.5 Å². The van der Waals surface area contributed by atoms with Crippen molar-refractivity contribution >= 4 is 12.4 Å². The molecule has 0 bridgehead atoms. The highest BCUT2D eigenvalue weighted by atomic mass is 35.5. The third-order valence-corrected chi connectivity index (χ3v) is 1.83. The topological polar surface area (TPSA) is 52.5 Å². The molecule has 1 heterocycles. The zero-order valence-electron chi connectivity index (χ0n) is 5.79. The Bertz CT molecular complexity index is 85.8. The van der Waals surface area contributed by atoms with Crippen molar-refractivity contribution in [2.24, 2.45) is 5.92 Å². The first kappa shape index (κ1) is 10.2. The predicted molar refractivity (Wildman–Crippen MR) is 41.3 cm³/mol. The van der Waals surface area contributed by atoms with Crippen molar-refractivity contribution in [3.05, 3.63) is 0 Å². The number of nitrogens with one attached hydrogen (secondary N) is 1. The molecule has 0 aromatic heterocycles. The molecular weight excluding hydrogens is 154 g/mol. The van der Waals surface area contributed by atoms with E-state index in [-0.39, 0.29) is 24.9 Å². The van der Waals surface area contributed by atoms with Gasteiger partial charge in [0.15, 0.2) is 0 Å². The van der Waals surface area contributed by atoms with Gasteiger partial charge in [-0.1, -0.05) is 0 Å². The van der Waals surface area contributed by atoms with E-state index < -0.39 is 6.10 Å². The summed E-state index contributed by atoms with van der Waals surface area (Å²) in [5, 5.41) is 20.7. The standard InChI is InChI=1S/C6H13NO2.ClH/c8-4-6(9)5-1-2-7-3-5;/h5-9H,1-4H2;1H. The van der Waals surface area contributed by atoms with Gasteiger partial charge in [0.25, 0.3) is 0 Å². The number of aliphatic hydroxyl groups is 2. The van der Waals surface area contributed by atoms with Crippen molar-refractivity contribution < 1.29 is 10.2 Å². The van der Waals surface area contributed by atoms with E-state index in [2.05, 4.69) is 5.32 Å². The van der Waals surface area contributed by atoms with Crippen LogP contribution in [0.2, 0.25) is 0 Å². The number of halogens is 1.